The van der Waals surface area contributed by atoms with Gasteiger partial charge in [0.15, 0.2) is 0 Å². The van der Waals surface area contributed by atoms with Gasteiger partial charge in [-0.15, -0.1) is 0 Å². The van der Waals surface area contributed by atoms with E-state index in [1.54, 1.807) is 7.11 Å². The maximum absolute atomic E-state index is 12.6. The minimum atomic E-state index is -0.169. The molecule has 0 fully saturated rings. The number of benzene rings is 2. The highest BCUT2D eigenvalue weighted by Gasteiger charge is 2.16. The lowest BCUT2D eigenvalue weighted by atomic mass is 10.0. The number of aromatic nitrogens is 2. The summed E-state index contributed by atoms with van der Waals surface area (Å²) < 4.78 is 5.25. The molecule has 134 valence electrons. The van der Waals surface area contributed by atoms with Crippen LogP contribution in [-0.2, 0) is 0 Å². The summed E-state index contributed by atoms with van der Waals surface area (Å²) in [6.45, 7) is 2.57. The number of methoxy groups -OCH3 is 1. The van der Waals surface area contributed by atoms with Crippen molar-refractivity contribution in [2.45, 2.75) is 12.8 Å². The highest BCUT2D eigenvalue weighted by molar-refractivity contribution is 6.30. The van der Waals surface area contributed by atoms with Gasteiger partial charge in [0.25, 0.3) is 5.91 Å². The molecule has 0 aliphatic carbocycles. The summed E-state index contributed by atoms with van der Waals surface area (Å²) in [5.74, 6) is 0.723. The molecule has 0 bridgehead atoms. The molecule has 0 radical (unpaired) electrons. The molecule has 1 amide bonds. The second kappa shape index (κ2) is 8.06. The zero-order valence-electron chi connectivity index (χ0n) is 14.6. The molecule has 0 saturated heterocycles. The van der Waals surface area contributed by atoms with Crippen LogP contribution >= 0.6 is 11.6 Å². The SMILES string of the molecule is COc1cccc(-c2[nH]ncc2C(=O)NC[C@H](C)c2ccc(Cl)cc2)c1. The third-order valence-corrected chi connectivity index (χ3v) is 4.50. The Labute approximate surface area is 157 Å². The van der Waals surface area contributed by atoms with Crippen molar-refractivity contribution in [2.75, 3.05) is 13.7 Å². The Balaban J connectivity index is 1.71. The summed E-state index contributed by atoms with van der Waals surface area (Å²) in [5.41, 5.74) is 3.13. The van der Waals surface area contributed by atoms with Gasteiger partial charge in [-0.05, 0) is 35.7 Å². The van der Waals surface area contributed by atoms with E-state index >= 15 is 0 Å². The fourth-order valence-corrected chi connectivity index (χ4v) is 2.83. The van der Waals surface area contributed by atoms with Crippen LogP contribution in [0, 0.1) is 0 Å². The first kappa shape index (κ1) is 18.0. The van der Waals surface area contributed by atoms with Gasteiger partial charge in [0.1, 0.15) is 5.75 Å². The minimum absolute atomic E-state index is 0.169. The monoisotopic (exact) mass is 369 g/mol. The average molecular weight is 370 g/mol. The van der Waals surface area contributed by atoms with Crippen LogP contribution < -0.4 is 10.1 Å². The number of rotatable bonds is 6. The lowest BCUT2D eigenvalue weighted by Crippen LogP contribution is -2.27. The average Bonchev–Trinajstić information content (AvgIpc) is 3.16. The molecule has 3 aromatic rings. The first-order valence-electron chi connectivity index (χ1n) is 8.30. The smallest absolute Gasteiger partial charge is 0.255 e. The van der Waals surface area contributed by atoms with Crippen LogP contribution in [0.1, 0.15) is 28.8 Å². The molecule has 0 aliphatic heterocycles. The molecule has 1 atom stereocenters. The Bertz CT molecular complexity index is 890. The Morgan fingerprint density at radius 1 is 1.27 bits per heavy atom. The molecule has 2 aromatic carbocycles. The van der Waals surface area contributed by atoms with Crippen molar-refractivity contribution >= 4 is 17.5 Å². The molecule has 0 saturated carbocycles. The van der Waals surface area contributed by atoms with Gasteiger partial charge >= 0.3 is 0 Å². The van der Waals surface area contributed by atoms with E-state index < -0.39 is 0 Å². The topological polar surface area (TPSA) is 67.0 Å². The van der Waals surface area contributed by atoms with Gasteiger partial charge in [0.05, 0.1) is 24.6 Å². The Kier molecular flexibility index (Phi) is 5.58. The number of carbonyl (C=O) groups excluding carboxylic acids is 1. The molecule has 6 heteroatoms. The molecule has 2 N–H and O–H groups in total. The van der Waals surface area contributed by atoms with E-state index in [0.717, 1.165) is 16.9 Å². The van der Waals surface area contributed by atoms with Crippen LogP contribution in [0.4, 0.5) is 0 Å². The number of ether oxygens (including phenoxy) is 1. The fourth-order valence-electron chi connectivity index (χ4n) is 2.71. The van der Waals surface area contributed by atoms with E-state index in [-0.39, 0.29) is 11.8 Å². The van der Waals surface area contributed by atoms with Crippen molar-refractivity contribution < 1.29 is 9.53 Å². The maximum atomic E-state index is 12.6. The van der Waals surface area contributed by atoms with Crippen molar-refractivity contribution in [3.63, 3.8) is 0 Å². The lowest BCUT2D eigenvalue weighted by molar-refractivity contribution is 0.0952. The molecule has 0 unspecified atom stereocenters. The normalized spacial score (nSPS) is 11.8. The van der Waals surface area contributed by atoms with E-state index in [2.05, 4.69) is 22.4 Å². The first-order chi connectivity index (χ1) is 12.6. The molecule has 0 aliphatic rings. The number of amides is 1. The van der Waals surface area contributed by atoms with Crippen molar-refractivity contribution in [3.8, 4) is 17.0 Å². The highest BCUT2D eigenvalue weighted by atomic mass is 35.5. The molecular formula is C20H20ClN3O2. The number of nitrogens with zero attached hydrogens (tertiary/aromatic N) is 1. The van der Waals surface area contributed by atoms with E-state index in [9.17, 15) is 4.79 Å². The standard InChI is InChI=1S/C20H20ClN3O2/c1-13(14-6-8-16(21)9-7-14)11-22-20(25)18-12-23-24-19(18)15-4-3-5-17(10-15)26-2/h3-10,12-13H,11H2,1-2H3,(H,22,25)(H,23,24)/t13-/m0/s1. The summed E-state index contributed by atoms with van der Waals surface area (Å²) in [5, 5.41) is 10.6. The Morgan fingerprint density at radius 3 is 2.77 bits per heavy atom. The third kappa shape index (κ3) is 4.06. The van der Waals surface area contributed by atoms with Gasteiger partial charge in [-0.25, -0.2) is 0 Å². The molecule has 3 rings (SSSR count). The van der Waals surface area contributed by atoms with Gasteiger partial charge in [-0.3, -0.25) is 9.89 Å². The van der Waals surface area contributed by atoms with Crippen LogP contribution in [0.2, 0.25) is 5.02 Å². The van der Waals surface area contributed by atoms with Crippen molar-refractivity contribution in [3.05, 3.63) is 70.9 Å². The van der Waals surface area contributed by atoms with Crippen LogP contribution in [0.25, 0.3) is 11.3 Å². The van der Waals surface area contributed by atoms with Crippen LogP contribution in [0.5, 0.6) is 5.75 Å². The number of H-pyrrole nitrogens is 1. The van der Waals surface area contributed by atoms with E-state index in [0.29, 0.717) is 22.8 Å². The third-order valence-electron chi connectivity index (χ3n) is 4.25. The Hall–Kier alpha value is -2.79. The summed E-state index contributed by atoms with van der Waals surface area (Å²) in [6, 6.07) is 15.1. The first-order valence-corrected chi connectivity index (χ1v) is 8.67. The molecular weight excluding hydrogens is 350 g/mol. The number of aromatic amines is 1. The molecule has 0 spiro atoms. The van der Waals surface area contributed by atoms with Gasteiger partial charge in [-0.2, -0.15) is 5.10 Å². The molecule has 26 heavy (non-hydrogen) atoms. The molecule has 1 aromatic heterocycles. The maximum Gasteiger partial charge on any atom is 0.255 e. The minimum Gasteiger partial charge on any atom is -0.497 e. The van der Waals surface area contributed by atoms with Crippen molar-refractivity contribution in [1.82, 2.24) is 15.5 Å². The summed E-state index contributed by atoms with van der Waals surface area (Å²) in [6.07, 6.45) is 1.54. The van der Waals surface area contributed by atoms with Gasteiger partial charge in [0.2, 0.25) is 0 Å². The summed E-state index contributed by atoms with van der Waals surface area (Å²) in [4.78, 5) is 12.6. The zero-order chi connectivity index (χ0) is 18.5. The summed E-state index contributed by atoms with van der Waals surface area (Å²) in [7, 11) is 1.61. The van der Waals surface area contributed by atoms with Gasteiger partial charge in [-0.1, -0.05) is 42.8 Å². The highest BCUT2D eigenvalue weighted by Crippen LogP contribution is 2.25. The zero-order valence-corrected chi connectivity index (χ0v) is 15.4. The summed E-state index contributed by atoms with van der Waals surface area (Å²) >= 11 is 5.92. The van der Waals surface area contributed by atoms with Crippen LogP contribution in [0.3, 0.4) is 0 Å². The predicted molar refractivity (Wildman–Crippen MR) is 103 cm³/mol. The largest absolute Gasteiger partial charge is 0.497 e. The van der Waals surface area contributed by atoms with Crippen molar-refractivity contribution in [1.29, 1.82) is 0 Å². The molecule has 5 nitrogen and oxygen atoms in total. The Morgan fingerprint density at radius 2 is 2.04 bits per heavy atom. The second-order valence-electron chi connectivity index (χ2n) is 6.05. The van der Waals surface area contributed by atoms with Gasteiger partial charge in [0, 0.05) is 17.1 Å². The van der Waals surface area contributed by atoms with E-state index in [1.165, 1.54) is 6.20 Å². The number of carbonyl (C=O) groups is 1. The number of hydrogen-bond donors (Lipinski definition) is 2. The van der Waals surface area contributed by atoms with Gasteiger partial charge < -0.3 is 10.1 Å². The van der Waals surface area contributed by atoms with Crippen LogP contribution in [0.15, 0.2) is 54.7 Å². The number of nitrogens with one attached hydrogen (secondary N) is 2. The predicted octanol–water partition coefficient (Wildman–Crippen LogP) is 4.27. The quantitative estimate of drug-likeness (QED) is 0.681. The van der Waals surface area contributed by atoms with E-state index in [1.807, 2.05) is 48.5 Å². The second-order valence-corrected chi connectivity index (χ2v) is 6.49. The van der Waals surface area contributed by atoms with Crippen LogP contribution in [-0.4, -0.2) is 29.8 Å². The number of halogens is 1. The van der Waals surface area contributed by atoms with E-state index in [4.69, 9.17) is 16.3 Å². The lowest BCUT2D eigenvalue weighted by Gasteiger charge is -2.13. The number of hydrogen-bond acceptors (Lipinski definition) is 3. The molecule has 1 heterocycles. The van der Waals surface area contributed by atoms with Crippen molar-refractivity contribution in [2.24, 2.45) is 0 Å². The fraction of sp³-hybridized carbons (Fsp3) is 0.200.